The van der Waals surface area contributed by atoms with Gasteiger partial charge in [-0.2, -0.15) is 0 Å². The molecule has 0 aliphatic carbocycles. The summed E-state index contributed by atoms with van der Waals surface area (Å²) in [4.78, 5) is 24.5. The van der Waals surface area contributed by atoms with Gasteiger partial charge >= 0.3 is 12.0 Å². The third-order valence-electron chi connectivity index (χ3n) is 3.80. The predicted octanol–water partition coefficient (Wildman–Crippen LogP) is 2.96. The normalized spacial score (nSPS) is 12.6. The molecule has 5 nitrogen and oxygen atoms in total. The van der Waals surface area contributed by atoms with E-state index >= 15 is 0 Å². The Labute approximate surface area is 126 Å². The lowest BCUT2D eigenvalue weighted by Crippen LogP contribution is -2.47. The molecule has 0 saturated heterocycles. The number of rotatable bonds is 4. The molecule has 0 radical (unpaired) electrons. The molecule has 116 valence electrons. The first-order chi connectivity index (χ1) is 9.62. The molecule has 1 rings (SSSR count). The molecule has 1 atom stereocenters. The van der Waals surface area contributed by atoms with Crippen molar-refractivity contribution < 1.29 is 14.7 Å². The van der Waals surface area contributed by atoms with Crippen molar-refractivity contribution in [3.05, 3.63) is 35.4 Å². The Balaban J connectivity index is 2.58. The lowest BCUT2D eigenvalue weighted by molar-refractivity contribution is 0.0697. The van der Waals surface area contributed by atoms with Gasteiger partial charge in [-0.25, -0.2) is 9.59 Å². The van der Waals surface area contributed by atoms with E-state index in [0.717, 1.165) is 5.56 Å². The van der Waals surface area contributed by atoms with Crippen LogP contribution in [0.15, 0.2) is 24.3 Å². The minimum atomic E-state index is -0.954. The highest BCUT2D eigenvalue weighted by atomic mass is 16.4. The summed E-state index contributed by atoms with van der Waals surface area (Å²) >= 11 is 0. The second-order valence-corrected chi connectivity index (χ2v) is 6.31. The van der Waals surface area contributed by atoms with Crippen molar-refractivity contribution >= 4 is 12.0 Å². The van der Waals surface area contributed by atoms with Crippen molar-refractivity contribution in [2.75, 3.05) is 7.05 Å². The van der Waals surface area contributed by atoms with Crippen molar-refractivity contribution in [2.45, 2.75) is 40.3 Å². The van der Waals surface area contributed by atoms with E-state index in [1.54, 1.807) is 24.1 Å². The highest BCUT2D eigenvalue weighted by Crippen LogP contribution is 2.22. The lowest BCUT2D eigenvalue weighted by atomic mass is 9.87. The standard InChI is InChI=1S/C16H24N2O3/c1-11(16(2,3)4)18(5)15(21)17-10-12-6-8-13(9-7-12)14(19)20/h6-9,11H,10H2,1-5H3,(H,17,21)(H,19,20). The van der Waals surface area contributed by atoms with Gasteiger partial charge in [-0.1, -0.05) is 32.9 Å². The van der Waals surface area contributed by atoms with Crippen molar-refractivity contribution in [1.82, 2.24) is 10.2 Å². The van der Waals surface area contributed by atoms with E-state index in [-0.39, 0.29) is 23.1 Å². The summed E-state index contributed by atoms with van der Waals surface area (Å²) < 4.78 is 0. The Kier molecular flexibility index (Phi) is 5.35. The number of hydrogen-bond donors (Lipinski definition) is 2. The Hall–Kier alpha value is -2.04. The van der Waals surface area contributed by atoms with E-state index in [0.29, 0.717) is 6.54 Å². The fraction of sp³-hybridized carbons (Fsp3) is 0.500. The first-order valence-corrected chi connectivity index (χ1v) is 6.96. The fourth-order valence-corrected chi connectivity index (χ4v) is 1.82. The van der Waals surface area contributed by atoms with Crippen molar-refractivity contribution in [3.8, 4) is 0 Å². The van der Waals surface area contributed by atoms with Crippen molar-refractivity contribution in [1.29, 1.82) is 0 Å². The van der Waals surface area contributed by atoms with E-state index in [4.69, 9.17) is 5.11 Å². The molecule has 1 unspecified atom stereocenters. The number of nitrogens with zero attached hydrogens (tertiary/aromatic N) is 1. The van der Waals surface area contributed by atoms with Crippen LogP contribution in [0.2, 0.25) is 0 Å². The number of carboxylic acid groups (broad SMARTS) is 1. The van der Waals surface area contributed by atoms with Crippen LogP contribution in [0.25, 0.3) is 0 Å². The zero-order valence-electron chi connectivity index (χ0n) is 13.3. The molecular formula is C16H24N2O3. The summed E-state index contributed by atoms with van der Waals surface area (Å²) in [7, 11) is 1.78. The number of urea groups is 1. The molecular weight excluding hydrogens is 268 g/mol. The number of carbonyl (C=O) groups is 2. The van der Waals surface area contributed by atoms with Gasteiger partial charge in [-0.15, -0.1) is 0 Å². The predicted molar refractivity (Wildman–Crippen MR) is 82.3 cm³/mol. The molecule has 0 bridgehead atoms. The molecule has 0 spiro atoms. The molecule has 0 aromatic heterocycles. The van der Waals surface area contributed by atoms with Crippen LogP contribution < -0.4 is 5.32 Å². The minimum Gasteiger partial charge on any atom is -0.478 e. The van der Waals surface area contributed by atoms with Crippen LogP contribution in [0.4, 0.5) is 4.79 Å². The second-order valence-electron chi connectivity index (χ2n) is 6.31. The van der Waals surface area contributed by atoms with E-state index in [9.17, 15) is 9.59 Å². The number of carbonyl (C=O) groups excluding carboxylic acids is 1. The SMILES string of the molecule is CC(N(C)C(=O)NCc1ccc(C(=O)O)cc1)C(C)(C)C. The summed E-state index contributed by atoms with van der Waals surface area (Å²) in [6, 6.07) is 6.44. The van der Waals surface area contributed by atoms with Crippen molar-refractivity contribution in [3.63, 3.8) is 0 Å². The van der Waals surface area contributed by atoms with Gasteiger partial charge in [0.2, 0.25) is 0 Å². The number of aromatic carboxylic acids is 1. The highest BCUT2D eigenvalue weighted by molar-refractivity contribution is 5.87. The molecule has 2 amide bonds. The van der Waals surface area contributed by atoms with Gasteiger partial charge in [0.05, 0.1) is 5.56 Å². The summed E-state index contributed by atoms with van der Waals surface area (Å²) in [6.07, 6.45) is 0. The molecule has 2 N–H and O–H groups in total. The molecule has 21 heavy (non-hydrogen) atoms. The molecule has 1 aromatic rings. The Morgan fingerprint density at radius 1 is 1.24 bits per heavy atom. The van der Waals surface area contributed by atoms with E-state index in [1.165, 1.54) is 12.1 Å². The van der Waals surface area contributed by atoms with E-state index < -0.39 is 5.97 Å². The zero-order valence-corrected chi connectivity index (χ0v) is 13.3. The maximum atomic E-state index is 12.1. The Morgan fingerprint density at radius 2 is 1.76 bits per heavy atom. The van der Waals surface area contributed by atoms with Gasteiger partial charge in [0.1, 0.15) is 0 Å². The van der Waals surface area contributed by atoms with Crippen LogP contribution in [0, 0.1) is 5.41 Å². The smallest absolute Gasteiger partial charge is 0.335 e. The van der Waals surface area contributed by atoms with Gasteiger partial charge < -0.3 is 15.3 Å². The summed E-state index contributed by atoms with van der Waals surface area (Å²) in [5.41, 5.74) is 1.11. The van der Waals surface area contributed by atoms with Crippen molar-refractivity contribution in [2.24, 2.45) is 5.41 Å². The largest absolute Gasteiger partial charge is 0.478 e. The van der Waals surface area contributed by atoms with Gasteiger partial charge in [-0.3, -0.25) is 0 Å². The molecule has 0 heterocycles. The summed E-state index contributed by atoms with van der Waals surface area (Å²) in [6.45, 7) is 8.66. The molecule has 0 fully saturated rings. The third-order valence-corrected chi connectivity index (χ3v) is 3.80. The van der Waals surface area contributed by atoms with Gasteiger partial charge in [0.15, 0.2) is 0 Å². The maximum absolute atomic E-state index is 12.1. The van der Waals surface area contributed by atoms with Crippen LogP contribution in [0.1, 0.15) is 43.6 Å². The number of hydrogen-bond acceptors (Lipinski definition) is 2. The number of nitrogens with one attached hydrogen (secondary N) is 1. The highest BCUT2D eigenvalue weighted by Gasteiger charge is 2.26. The van der Waals surface area contributed by atoms with E-state index in [2.05, 4.69) is 26.1 Å². The molecule has 0 aliphatic rings. The average Bonchev–Trinajstić information content (AvgIpc) is 2.42. The number of amides is 2. The van der Waals surface area contributed by atoms with Gasteiger partial charge in [0, 0.05) is 19.6 Å². The fourth-order valence-electron chi connectivity index (χ4n) is 1.82. The lowest BCUT2D eigenvalue weighted by Gasteiger charge is -2.35. The Bertz CT molecular complexity index is 503. The minimum absolute atomic E-state index is 0.00915. The Morgan fingerprint density at radius 3 is 2.19 bits per heavy atom. The van der Waals surface area contributed by atoms with Crippen LogP contribution in [-0.4, -0.2) is 35.1 Å². The summed E-state index contributed by atoms with van der Waals surface area (Å²) in [5, 5.41) is 11.7. The number of benzene rings is 1. The monoisotopic (exact) mass is 292 g/mol. The van der Waals surface area contributed by atoms with Gasteiger partial charge in [0.25, 0.3) is 0 Å². The molecule has 1 aromatic carbocycles. The first kappa shape index (κ1) is 17.0. The second kappa shape index (κ2) is 6.61. The van der Waals surface area contributed by atoms with Crippen LogP contribution in [-0.2, 0) is 6.54 Å². The maximum Gasteiger partial charge on any atom is 0.335 e. The molecule has 0 aliphatic heterocycles. The summed E-state index contributed by atoms with van der Waals surface area (Å²) in [5.74, 6) is -0.954. The van der Waals surface area contributed by atoms with Crippen LogP contribution in [0.5, 0.6) is 0 Å². The first-order valence-electron chi connectivity index (χ1n) is 6.96. The van der Waals surface area contributed by atoms with Gasteiger partial charge in [-0.05, 0) is 30.0 Å². The third kappa shape index (κ3) is 4.77. The van der Waals surface area contributed by atoms with Crippen LogP contribution >= 0.6 is 0 Å². The zero-order chi connectivity index (χ0) is 16.2. The quantitative estimate of drug-likeness (QED) is 0.896. The topological polar surface area (TPSA) is 69.6 Å². The average molecular weight is 292 g/mol. The van der Waals surface area contributed by atoms with Crippen LogP contribution in [0.3, 0.4) is 0 Å². The molecule has 0 saturated carbocycles. The number of carboxylic acids is 1. The van der Waals surface area contributed by atoms with E-state index in [1.807, 2.05) is 6.92 Å². The molecule has 5 heteroatoms.